The average Bonchev–Trinajstić information content (AvgIpc) is 3.02. The van der Waals surface area contributed by atoms with Crippen LogP contribution >= 0.6 is 0 Å². The summed E-state index contributed by atoms with van der Waals surface area (Å²) in [5.74, 6) is 6.49. The number of hydrogen-bond donors (Lipinski definition) is 0. The van der Waals surface area contributed by atoms with Crippen molar-refractivity contribution in [2.24, 2.45) is 52.3 Å². The van der Waals surface area contributed by atoms with Crippen LogP contribution in [0.25, 0.3) is 0 Å². The van der Waals surface area contributed by atoms with Crippen LogP contribution in [0.4, 0.5) is 0 Å². The highest BCUT2D eigenvalue weighted by Gasteiger charge is 2.57. The van der Waals surface area contributed by atoms with Crippen LogP contribution in [0.3, 0.4) is 0 Å². The maximum atomic E-state index is 2.77. The van der Waals surface area contributed by atoms with Crippen LogP contribution in [0.5, 0.6) is 0 Å². The van der Waals surface area contributed by atoms with Gasteiger partial charge in [-0.2, -0.15) is 0 Å². The Labute approximate surface area is 176 Å². The monoisotopic (exact) mass is 384 g/mol. The van der Waals surface area contributed by atoms with Crippen molar-refractivity contribution in [1.29, 1.82) is 0 Å². The molecule has 0 radical (unpaired) electrons. The molecule has 4 rings (SSSR count). The topological polar surface area (TPSA) is 0 Å². The fourth-order valence-electron chi connectivity index (χ4n) is 8.58. The molecule has 4 aliphatic rings. The van der Waals surface area contributed by atoms with Crippen LogP contribution in [0.1, 0.15) is 112 Å². The van der Waals surface area contributed by atoms with E-state index in [9.17, 15) is 0 Å². The second-order valence-corrected chi connectivity index (χ2v) is 12.5. The lowest BCUT2D eigenvalue weighted by Crippen LogP contribution is -2.50. The van der Waals surface area contributed by atoms with Gasteiger partial charge in [-0.05, 0) is 97.2 Å². The van der Waals surface area contributed by atoms with Gasteiger partial charge in [0.15, 0.2) is 0 Å². The van der Waals surface area contributed by atoms with Crippen molar-refractivity contribution in [2.45, 2.75) is 112 Å². The van der Waals surface area contributed by atoms with Gasteiger partial charge in [-0.25, -0.2) is 0 Å². The zero-order valence-electron chi connectivity index (χ0n) is 19.9. The van der Waals surface area contributed by atoms with E-state index < -0.39 is 0 Å². The van der Waals surface area contributed by atoms with Gasteiger partial charge in [0.1, 0.15) is 0 Å². The van der Waals surface area contributed by atoms with Crippen molar-refractivity contribution in [3.63, 3.8) is 0 Å². The normalized spacial score (nSPS) is 45.0. The third-order valence-corrected chi connectivity index (χ3v) is 11.0. The third kappa shape index (κ3) is 3.33. The summed E-state index contributed by atoms with van der Waals surface area (Å²) in [6.45, 7) is 15.2. The number of hydrogen-bond acceptors (Lipinski definition) is 0. The molecule has 0 nitrogen and oxygen atoms in total. The Morgan fingerprint density at radius 3 is 2.46 bits per heavy atom. The average molecular weight is 385 g/mol. The van der Waals surface area contributed by atoms with Crippen molar-refractivity contribution in [2.75, 3.05) is 0 Å². The Hall–Kier alpha value is -0.260. The van der Waals surface area contributed by atoms with E-state index in [1.807, 2.05) is 5.57 Å². The molecular weight excluding hydrogens is 336 g/mol. The van der Waals surface area contributed by atoms with E-state index in [0.717, 1.165) is 41.4 Å². The lowest BCUT2D eigenvalue weighted by Gasteiger charge is -2.59. The van der Waals surface area contributed by atoms with Gasteiger partial charge in [0.2, 0.25) is 0 Å². The predicted octanol–water partition coefficient (Wildman–Crippen LogP) is 8.66. The molecule has 4 aliphatic carbocycles. The summed E-state index contributed by atoms with van der Waals surface area (Å²) in [4.78, 5) is 0. The van der Waals surface area contributed by atoms with Crippen LogP contribution in [0, 0.1) is 52.3 Å². The van der Waals surface area contributed by atoms with Gasteiger partial charge >= 0.3 is 0 Å². The molecule has 0 saturated heterocycles. The Morgan fingerprint density at radius 2 is 1.71 bits per heavy atom. The lowest BCUT2D eigenvalue weighted by molar-refractivity contribution is -0.0585. The summed E-state index contributed by atoms with van der Waals surface area (Å²) in [6, 6.07) is 0. The van der Waals surface area contributed by atoms with E-state index in [1.165, 1.54) is 70.6 Å². The Kier molecular flexibility index (Phi) is 5.83. The molecule has 0 amide bonds. The molecule has 0 unspecified atom stereocenters. The van der Waals surface area contributed by atoms with Crippen molar-refractivity contribution in [3.05, 3.63) is 11.6 Å². The third-order valence-electron chi connectivity index (χ3n) is 11.0. The summed E-state index contributed by atoms with van der Waals surface area (Å²) in [6.07, 6.45) is 19.1. The summed E-state index contributed by atoms with van der Waals surface area (Å²) in [5, 5.41) is 0. The maximum Gasteiger partial charge on any atom is -0.00797 e. The zero-order valence-corrected chi connectivity index (χ0v) is 19.9. The molecule has 0 bridgehead atoms. The van der Waals surface area contributed by atoms with Crippen molar-refractivity contribution in [3.8, 4) is 0 Å². The zero-order chi connectivity index (χ0) is 20.1. The van der Waals surface area contributed by atoms with Gasteiger partial charge in [-0.3, -0.25) is 0 Å². The van der Waals surface area contributed by atoms with Gasteiger partial charge in [0.25, 0.3) is 0 Å². The van der Waals surface area contributed by atoms with Gasteiger partial charge in [-0.1, -0.05) is 78.9 Å². The van der Waals surface area contributed by atoms with Crippen LogP contribution in [-0.4, -0.2) is 0 Å². The van der Waals surface area contributed by atoms with Crippen LogP contribution in [0.2, 0.25) is 0 Å². The largest absolute Gasteiger partial charge is 0.0842 e. The molecule has 3 fully saturated rings. The fraction of sp³-hybridized carbons (Fsp3) is 0.929. The molecule has 0 N–H and O–H groups in total. The van der Waals surface area contributed by atoms with Gasteiger partial charge in [-0.15, -0.1) is 0 Å². The van der Waals surface area contributed by atoms with Gasteiger partial charge < -0.3 is 0 Å². The molecule has 8 atom stereocenters. The van der Waals surface area contributed by atoms with Gasteiger partial charge in [0.05, 0.1) is 0 Å². The number of allylic oxidation sites excluding steroid dienone is 2. The van der Waals surface area contributed by atoms with E-state index in [2.05, 4.69) is 47.6 Å². The quantitative estimate of drug-likeness (QED) is 0.416. The minimum atomic E-state index is 0.527. The minimum absolute atomic E-state index is 0.527. The highest BCUT2D eigenvalue weighted by atomic mass is 14.6. The highest BCUT2D eigenvalue weighted by Crippen LogP contribution is 2.66. The second kappa shape index (κ2) is 7.77. The summed E-state index contributed by atoms with van der Waals surface area (Å²) in [7, 11) is 0. The van der Waals surface area contributed by atoms with Gasteiger partial charge in [0, 0.05) is 0 Å². The van der Waals surface area contributed by atoms with E-state index in [0.29, 0.717) is 10.8 Å². The van der Waals surface area contributed by atoms with E-state index in [1.54, 1.807) is 0 Å². The summed E-state index contributed by atoms with van der Waals surface area (Å²) in [5.41, 5.74) is 3.14. The lowest BCUT2D eigenvalue weighted by atomic mass is 9.45. The molecule has 0 heteroatoms. The molecule has 0 heterocycles. The van der Waals surface area contributed by atoms with Crippen molar-refractivity contribution in [1.82, 2.24) is 0 Å². The number of fused-ring (bicyclic) bond motifs is 5. The molecule has 0 aromatic heterocycles. The highest BCUT2D eigenvalue weighted by molar-refractivity contribution is 5.30. The molecule has 0 aromatic carbocycles. The Balaban J connectivity index is 1.47. The first kappa shape index (κ1) is 21.0. The molecule has 28 heavy (non-hydrogen) atoms. The second-order valence-electron chi connectivity index (χ2n) is 12.5. The summed E-state index contributed by atoms with van der Waals surface area (Å²) < 4.78 is 0. The first-order valence-electron chi connectivity index (χ1n) is 13.0. The van der Waals surface area contributed by atoms with Crippen LogP contribution in [-0.2, 0) is 0 Å². The predicted molar refractivity (Wildman–Crippen MR) is 122 cm³/mol. The molecule has 0 aliphatic heterocycles. The summed E-state index contributed by atoms with van der Waals surface area (Å²) >= 11 is 0. The molecule has 160 valence electrons. The van der Waals surface area contributed by atoms with Crippen LogP contribution in [0.15, 0.2) is 11.6 Å². The minimum Gasteiger partial charge on any atom is -0.0842 e. The fourth-order valence-corrected chi connectivity index (χ4v) is 8.58. The Morgan fingerprint density at radius 1 is 0.929 bits per heavy atom. The van der Waals surface area contributed by atoms with Crippen LogP contribution < -0.4 is 0 Å². The van der Waals surface area contributed by atoms with E-state index in [4.69, 9.17) is 0 Å². The number of rotatable bonds is 5. The SMILES string of the molecule is CC(C)[C@@H](C)CC[C@@H](C)[C@H]1CC=C2[C@@H]3CC[C@H]4CCCC[C@]4(C)[C@H]3CC[C@@]21C. The van der Waals surface area contributed by atoms with E-state index >= 15 is 0 Å². The standard InChI is InChI=1S/C28H48/c1-19(2)20(3)10-11-21(4)24-14-15-25-23-13-12-22-9-7-8-17-27(22,5)26(23)16-18-28(24,25)6/h15,19-24,26H,7-14,16-18H2,1-6H3/t20-,21+,22+,23-,24+,26-,27-,28+/m0/s1. The van der Waals surface area contributed by atoms with E-state index in [-0.39, 0.29) is 0 Å². The smallest absolute Gasteiger partial charge is 0.00797 e. The first-order chi connectivity index (χ1) is 13.3. The molecule has 0 aromatic rings. The molecule has 3 saturated carbocycles. The first-order valence-corrected chi connectivity index (χ1v) is 13.0. The maximum absolute atomic E-state index is 2.77. The molecule has 0 spiro atoms. The van der Waals surface area contributed by atoms with Crippen molar-refractivity contribution < 1.29 is 0 Å². The van der Waals surface area contributed by atoms with Crippen molar-refractivity contribution >= 4 is 0 Å². The Bertz CT molecular complexity index is 585. The molecular formula is C28H48.